The van der Waals surface area contributed by atoms with Gasteiger partial charge in [0.05, 0.1) is 22.2 Å². The molecular weight excluding hydrogens is 466 g/mol. The average Bonchev–Trinajstić information content (AvgIpc) is 3.42. The molecule has 10 heteroatoms. The van der Waals surface area contributed by atoms with Crippen molar-refractivity contribution in [1.82, 2.24) is 19.8 Å². The number of likely N-dealkylation sites (tertiary alicyclic amines) is 1. The molecule has 1 amide bonds. The molecule has 2 aromatic rings. The minimum atomic E-state index is -0.250. The summed E-state index contributed by atoms with van der Waals surface area (Å²) in [6.07, 6.45) is 5.43. The lowest BCUT2D eigenvalue weighted by molar-refractivity contribution is -0.122. The fourth-order valence-electron chi connectivity index (χ4n) is 5.79. The van der Waals surface area contributed by atoms with Crippen LogP contribution in [-0.4, -0.2) is 89.4 Å². The van der Waals surface area contributed by atoms with E-state index in [0.29, 0.717) is 18.1 Å². The zero-order valence-corrected chi connectivity index (χ0v) is 21.6. The molecule has 1 saturated carbocycles. The summed E-state index contributed by atoms with van der Waals surface area (Å²) in [5, 5.41) is 7.99. The summed E-state index contributed by atoms with van der Waals surface area (Å²) in [5.41, 5.74) is 2.62. The summed E-state index contributed by atoms with van der Waals surface area (Å²) < 4.78 is 5.16. The van der Waals surface area contributed by atoms with Crippen molar-refractivity contribution < 1.29 is 19.4 Å². The molecule has 35 heavy (non-hydrogen) atoms. The highest BCUT2D eigenvalue weighted by Crippen LogP contribution is 2.47. The molecule has 1 N–H and O–H groups in total. The first kappa shape index (κ1) is 25.4. The maximum Gasteiger partial charge on any atom is 0.409 e. The standard InChI is InChI=1S/C24H33N5O2S.CH2O2/c1-4-31-23(30)29-15-24(16-29)8-7-19(14-24)27-10-12-28(13-11-27)22-20(6-5-9-25-22)21-17(2)26-18(3)32-21;2-1-3/h5-6,9,19H,4,7-8,10-16H2,1-3H3;1H,(H,2,3). The third kappa shape index (κ3) is 5.43. The topological polar surface area (TPSA) is 99.1 Å². The van der Waals surface area contributed by atoms with Crippen LogP contribution >= 0.6 is 11.3 Å². The zero-order valence-electron chi connectivity index (χ0n) is 20.8. The summed E-state index contributed by atoms with van der Waals surface area (Å²) in [7, 11) is 0. The summed E-state index contributed by atoms with van der Waals surface area (Å²) >= 11 is 1.76. The number of carboxylic acid groups (broad SMARTS) is 1. The molecule has 1 spiro atoms. The van der Waals surface area contributed by atoms with Crippen molar-refractivity contribution in [3.05, 3.63) is 29.0 Å². The van der Waals surface area contributed by atoms with E-state index in [2.05, 4.69) is 34.7 Å². The molecule has 190 valence electrons. The van der Waals surface area contributed by atoms with Crippen molar-refractivity contribution in [2.24, 2.45) is 5.41 Å². The Kier molecular flexibility index (Phi) is 7.91. The molecule has 1 unspecified atom stereocenters. The van der Waals surface area contributed by atoms with Gasteiger partial charge >= 0.3 is 6.09 Å². The van der Waals surface area contributed by atoms with E-state index in [0.717, 1.165) is 55.8 Å². The van der Waals surface area contributed by atoms with Crippen molar-refractivity contribution in [3.63, 3.8) is 0 Å². The first-order chi connectivity index (χ1) is 16.9. The first-order valence-corrected chi connectivity index (χ1v) is 13.1. The summed E-state index contributed by atoms with van der Waals surface area (Å²) in [6, 6.07) is 4.84. The monoisotopic (exact) mass is 501 g/mol. The van der Waals surface area contributed by atoms with Gasteiger partial charge in [0.15, 0.2) is 0 Å². The molecule has 0 radical (unpaired) electrons. The van der Waals surface area contributed by atoms with Crippen molar-refractivity contribution in [2.75, 3.05) is 50.8 Å². The van der Waals surface area contributed by atoms with Gasteiger partial charge < -0.3 is 19.6 Å². The van der Waals surface area contributed by atoms with E-state index >= 15 is 0 Å². The number of carbonyl (C=O) groups is 2. The third-order valence-corrected chi connectivity index (χ3v) is 8.43. The van der Waals surface area contributed by atoms with Gasteiger partial charge in [0.25, 0.3) is 6.47 Å². The molecule has 4 heterocycles. The lowest BCUT2D eigenvalue weighted by Gasteiger charge is -2.48. The molecule has 9 nitrogen and oxygen atoms in total. The van der Waals surface area contributed by atoms with E-state index in [1.54, 1.807) is 11.3 Å². The van der Waals surface area contributed by atoms with Crippen LogP contribution in [0.25, 0.3) is 10.4 Å². The van der Waals surface area contributed by atoms with Crippen LogP contribution in [0.4, 0.5) is 10.6 Å². The molecule has 3 fully saturated rings. The molecule has 5 rings (SSSR count). The summed E-state index contributed by atoms with van der Waals surface area (Å²) in [4.78, 5) is 37.9. The van der Waals surface area contributed by atoms with Gasteiger partial charge in [-0.05, 0) is 52.2 Å². The van der Waals surface area contributed by atoms with Crippen LogP contribution in [-0.2, 0) is 9.53 Å². The van der Waals surface area contributed by atoms with Gasteiger partial charge in [0, 0.05) is 62.5 Å². The number of aromatic nitrogens is 2. The second-order valence-corrected chi connectivity index (χ2v) is 10.8. The van der Waals surface area contributed by atoms with Crippen molar-refractivity contribution in [3.8, 4) is 10.4 Å². The third-order valence-electron chi connectivity index (χ3n) is 7.32. The van der Waals surface area contributed by atoms with Gasteiger partial charge in [-0.15, -0.1) is 11.3 Å². The highest BCUT2D eigenvalue weighted by molar-refractivity contribution is 7.15. The van der Waals surface area contributed by atoms with Crippen LogP contribution in [0, 0.1) is 19.3 Å². The van der Waals surface area contributed by atoms with E-state index in [1.165, 1.54) is 29.7 Å². The summed E-state index contributed by atoms with van der Waals surface area (Å²) in [5.74, 6) is 1.09. The van der Waals surface area contributed by atoms with Crippen LogP contribution in [0.15, 0.2) is 18.3 Å². The van der Waals surface area contributed by atoms with Crippen LogP contribution in [0.1, 0.15) is 36.9 Å². The predicted octanol–water partition coefficient (Wildman–Crippen LogP) is 3.66. The van der Waals surface area contributed by atoms with Crippen LogP contribution in [0.5, 0.6) is 0 Å². The molecule has 2 aromatic heterocycles. The van der Waals surface area contributed by atoms with Gasteiger partial charge in [0.1, 0.15) is 5.82 Å². The number of carbonyl (C=O) groups excluding carboxylic acids is 1. The SMILES string of the molecule is CCOC(=O)N1CC2(CCC(N3CCN(c4ncccc4-c4sc(C)nc4C)CC3)C2)C1.O=CO. The minimum Gasteiger partial charge on any atom is -0.483 e. The maximum absolute atomic E-state index is 12.0. The van der Waals surface area contributed by atoms with Crippen molar-refractivity contribution >= 4 is 29.7 Å². The van der Waals surface area contributed by atoms with E-state index in [4.69, 9.17) is 19.6 Å². The number of thiazole rings is 1. The highest BCUT2D eigenvalue weighted by atomic mass is 32.1. The Hall–Kier alpha value is -2.72. The summed E-state index contributed by atoms with van der Waals surface area (Å²) in [6.45, 7) is 12.1. The van der Waals surface area contributed by atoms with Crippen LogP contribution in [0.3, 0.4) is 0 Å². The van der Waals surface area contributed by atoms with E-state index in [-0.39, 0.29) is 12.6 Å². The van der Waals surface area contributed by atoms with Gasteiger partial charge in [-0.2, -0.15) is 0 Å². The molecule has 0 aromatic carbocycles. The van der Waals surface area contributed by atoms with Gasteiger partial charge in [0.2, 0.25) is 0 Å². The number of ether oxygens (including phenoxy) is 1. The van der Waals surface area contributed by atoms with Gasteiger partial charge in [-0.3, -0.25) is 9.69 Å². The number of hydrogen-bond acceptors (Lipinski definition) is 8. The Morgan fingerprint density at radius 3 is 2.63 bits per heavy atom. The second-order valence-electron chi connectivity index (χ2n) is 9.60. The number of amides is 1. The second kappa shape index (κ2) is 10.9. The number of nitrogens with zero attached hydrogens (tertiary/aromatic N) is 5. The normalized spacial score (nSPS) is 21.3. The Bertz CT molecular complexity index is 1030. The molecule has 1 aliphatic carbocycles. The molecule has 1 atom stereocenters. The number of hydrogen-bond donors (Lipinski definition) is 1. The minimum absolute atomic E-state index is 0.146. The highest BCUT2D eigenvalue weighted by Gasteiger charge is 2.51. The number of pyridine rings is 1. The zero-order chi connectivity index (χ0) is 25.0. The fourth-order valence-corrected chi connectivity index (χ4v) is 6.73. The Morgan fingerprint density at radius 2 is 2.00 bits per heavy atom. The first-order valence-electron chi connectivity index (χ1n) is 12.3. The largest absolute Gasteiger partial charge is 0.483 e. The van der Waals surface area contributed by atoms with E-state index in [1.807, 2.05) is 24.1 Å². The Morgan fingerprint density at radius 1 is 1.29 bits per heavy atom. The molecule has 2 saturated heterocycles. The lowest BCUT2D eigenvalue weighted by Crippen LogP contribution is -2.58. The Balaban J connectivity index is 0.000000917. The average molecular weight is 502 g/mol. The number of piperazine rings is 1. The Labute approximate surface area is 210 Å². The van der Waals surface area contributed by atoms with E-state index in [9.17, 15) is 4.79 Å². The van der Waals surface area contributed by atoms with Crippen LogP contribution < -0.4 is 4.90 Å². The quantitative estimate of drug-likeness (QED) is 0.634. The molecule has 2 aliphatic heterocycles. The van der Waals surface area contributed by atoms with Gasteiger partial charge in [-0.1, -0.05) is 0 Å². The van der Waals surface area contributed by atoms with E-state index < -0.39 is 0 Å². The lowest BCUT2D eigenvalue weighted by atomic mass is 9.78. The fraction of sp³-hybridized carbons (Fsp3) is 0.600. The van der Waals surface area contributed by atoms with Crippen LogP contribution in [0.2, 0.25) is 0 Å². The predicted molar refractivity (Wildman–Crippen MR) is 136 cm³/mol. The van der Waals surface area contributed by atoms with Gasteiger partial charge in [-0.25, -0.2) is 14.8 Å². The maximum atomic E-state index is 12.0. The molecular formula is C25H35N5O4S. The smallest absolute Gasteiger partial charge is 0.409 e. The molecule has 3 aliphatic rings. The number of rotatable bonds is 4. The van der Waals surface area contributed by atoms with Crippen molar-refractivity contribution in [2.45, 2.75) is 46.1 Å². The number of aryl methyl sites for hydroxylation is 2. The molecule has 0 bridgehead atoms. The number of anilines is 1. The van der Waals surface area contributed by atoms with Crippen molar-refractivity contribution in [1.29, 1.82) is 0 Å².